The molecule has 3 aliphatic heterocycles. The molecule has 7 rings (SSSR count). The number of amides is 2. The lowest BCUT2D eigenvalue weighted by Crippen LogP contribution is -2.58. The zero-order valence-corrected chi connectivity index (χ0v) is 22.5. The molecule has 8 heteroatoms. The monoisotopic (exact) mass is 535 g/mol. The van der Waals surface area contributed by atoms with E-state index in [1.807, 2.05) is 22.9 Å². The molecule has 2 saturated heterocycles. The number of benzene rings is 3. The first-order valence-corrected chi connectivity index (χ1v) is 14.2. The lowest BCUT2D eigenvalue weighted by atomic mass is 9.88. The Morgan fingerprint density at radius 2 is 1.73 bits per heavy atom. The molecule has 0 bridgehead atoms. The maximum Gasteiger partial charge on any atom is 0.285 e. The molecule has 2 atom stereocenters. The van der Waals surface area contributed by atoms with Gasteiger partial charge in [-0.05, 0) is 67.2 Å². The van der Waals surface area contributed by atoms with Crippen LogP contribution in [0.25, 0.3) is 16.6 Å². The number of quaternary nitrogens is 1. The number of hydroxylamine groups is 3. The third-order valence-corrected chi connectivity index (χ3v) is 8.94. The zero-order chi connectivity index (χ0) is 27.3. The smallest absolute Gasteiger partial charge is 0.285 e. The van der Waals surface area contributed by atoms with Crippen molar-refractivity contribution in [2.75, 3.05) is 13.1 Å². The van der Waals surface area contributed by atoms with Crippen LogP contribution in [0, 0.1) is 5.21 Å². The highest BCUT2D eigenvalue weighted by atomic mass is 16.5. The van der Waals surface area contributed by atoms with Crippen LogP contribution < -0.4 is 5.32 Å². The molecule has 2 amide bonds. The fraction of sp³-hybridized carbons (Fsp3) is 0.344. The van der Waals surface area contributed by atoms with Gasteiger partial charge in [0.15, 0.2) is 6.04 Å². The quantitative estimate of drug-likeness (QED) is 0.230. The number of likely N-dealkylation sites (tertiary alicyclic amines) is 1. The Bertz CT molecular complexity index is 1590. The number of fused-ring (bicyclic) bond motifs is 2. The molecule has 8 nitrogen and oxygen atoms in total. The molecule has 2 fully saturated rings. The van der Waals surface area contributed by atoms with E-state index in [2.05, 4.69) is 64.9 Å². The van der Waals surface area contributed by atoms with Crippen LogP contribution in [0.3, 0.4) is 0 Å². The van der Waals surface area contributed by atoms with E-state index in [0.717, 1.165) is 60.2 Å². The van der Waals surface area contributed by atoms with E-state index in [1.54, 1.807) is 0 Å². The van der Waals surface area contributed by atoms with Crippen LogP contribution in [0.2, 0.25) is 0 Å². The molecule has 0 spiro atoms. The van der Waals surface area contributed by atoms with Gasteiger partial charge in [-0.2, -0.15) is 5.10 Å². The second-order valence-electron chi connectivity index (χ2n) is 11.6. The van der Waals surface area contributed by atoms with Crippen molar-refractivity contribution in [1.29, 1.82) is 0 Å². The molecule has 0 radical (unpaired) electrons. The third-order valence-electron chi connectivity index (χ3n) is 8.94. The maximum atomic E-state index is 13.6. The number of imide groups is 1. The van der Waals surface area contributed by atoms with Crippen LogP contribution in [-0.4, -0.2) is 50.3 Å². The normalized spacial score (nSPS) is 23.9. The number of carbonyl (C=O) groups excluding carboxylic acids is 2. The van der Waals surface area contributed by atoms with Gasteiger partial charge >= 0.3 is 0 Å². The molecule has 0 saturated carbocycles. The van der Waals surface area contributed by atoms with E-state index in [1.165, 1.54) is 11.1 Å². The predicted molar refractivity (Wildman–Crippen MR) is 152 cm³/mol. The second-order valence-corrected chi connectivity index (χ2v) is 11.6. The van der Waals surface area contributed by atoms with Crippen LogP contribution in [0.1, 0.15) is 53.9 Å². The van der Waals surface area contributed by atoms with E-state index in [9.17, 15) is 14.8 Å². The Morgan fingerprint density at radius 3 is 2.52 bits per heavy atom. The van der Waals surface area contributed by atoms with Crippen molar-refractivity contribution < 1.29 is 14.2 Å². The third kappa shape index (κ3) is 4.72. The molecule has 3 aromatic carbocycles. The Labute approximate surface area is 233 Å². The highest BCUT2D eigenvalue weighted by Crippen LogP contribution is 2.37. The van der Waals surface area contributed by atoms with Crippen LogP contribution in [0.4, 0.5) is 0 Å². The molecule has 4 aromatic rings. The molecule has 4 heterocycles. The number of para-hydroxylation sites is 1. The Hall–Kier alpha value is -3.85. The SMILES string of the molecule is O=C1CCC([N+]2([O-])Cc3ccc(C4CCN(Cc5ccc6cn(-c7ccccc7)nc6c5)CC4)cc3C2)C(=O)N1. The first-order chi connectivity index (χ1) is 19.4. The van der Waals surface area contributed by atoms with Crippen molar-refractivity contribution >= 4 is 22.7 Å². The van der Waals surface area contributed by atoms with Gasteiger partial charge in [0.1, 0.15) is 13.1 Å². The fourth-order valence-corrected chi connectivity index (χ4v) is 6.74. The average Bonchev–Trinajstić information content (AvgIpc) is 3.54. The number of piperidine rings is 2. The van der Waals surface area contributed by atoms with Gasteiger partial charge in [-0.3, -0.25) is 19.8 Å². The van der Waals surface area contributed by atoms with Gasteiger partial charge in [-0.1, -0.05) is 42.5 Å². The summed E-state index contributed by atoms with van der Waals surface area (Å²) in [5.41, 5.74) is 6.74. The zero-order valence-electron chi connectivity index (χ0n) is 22.5. The van der Waals surface area contributed by atoms with Crippen LogP contribution in [-0.2, 0) is 29.2 Å². The number of rotatable bonds is 5. The van der Waals surface area contributed by atoms with Crippen molar-refractivity contribution in [3.05, 3.63) is 100 Å². The minimum atomic E-state index is -0.705. The molecule has 1 aromatic heterocycles. The van der Waals surface area contributed by atoms with E-state index in [-0.39, 0.29) is 12.3 Å². The van der Waals surface area contributed by atoms with Crippen molar-refractivity contribution in [2.45, 2.75) is 57.3 Å². The number of hydrogen-bond acceptors (Lipinski definition) is 5. The highest BCUT2D eigenvalue weighted by molar-refractivity contribution is 5.99. The second kappa shape index (κ2) is 9.96. The number of nitrogens with one attached hydrogen (secondary N) is 1. The summed E-state index contributed by atoms with van der Waals surface area (Å²) in [6, 6.07) is 22.5. The number of carbonyl (C=O) groups is 2. The van der Waals surface area contributed by atoms with Crippen molar-refractivity contribution in [2.24, 2.45) is 0 Å². The van der Waals surface area contributed by atoms with E-state index >= 15 is 0 Å². The minimum Gasteiger partial charge on any atom is -0.632 e. The maximum absolute atomic E-state index is 13.6. The van der Waals surface area contributed by atoms with Gasteiger partial charge in [0.25, 0.3) is 5.91 Å². The summed E-state index contributed by atoms with van der Waals surface area (Å²) in [5, 5.41) is 21.9. The summed E-state index contributed by atoms with van der Waals surface area (Å²) in [6.07, 6.45) is 4.80. The summed E-state index contributed by atoms with van der Waals surface area (Å²) in [7, 11) is 0. The van der Waals surface area contributed by atoms with Gasteiger partial charge in [-0.15, -0.1) is 0 Å². The largest absolute Gasteiger partial charge is 0.632 e. The molecular formula is C32H33N5O3. The van der Waals surface area contributed by atoms with E-state index in [4.69, 9.17) is 5.10 Å². The first kappa shape index (κ1) is 25.1. The predicted octanol–water partition coefficient (Wildman–Crippen LogP) is 4.54. The van der Waals surface area contributed by atoms with Crippen LogP contribution in [0.5, 0.6) is 0 Å². The van der Waals surface area contributed by atoms with Crippen molar-refractivity contribution in [3.8, 4) is 5.69 Å². The Kier molecular flexibility index (Phi) is 6.26. The van der Waals surface area contributed by atoms with Gasteiger partial charge in [0.2, 0.25) is 5.91 Å². The summed E-state index contributed by atoms with van der Waals surface area (Å²) in [6.45, 7) is 3.56. The Morgan fingerprint density at radius 1 is 0.925 bits per heavy atom. The number of aromatic nitrogens is 2. The summed E-state index contributed by atoms with van der Waals surface area (Å²) in [4.78, 5) is 26.5. The number of nitrogens with zero attached hydrogens (tertiary/aromatic N) is 4. The van der Waals surface area contributed by atoms with Gasteiger partial charge in [-0.25, -0.2) is 4.68 Å². The Balaban J connectivity index is 0.983. The van der Waals surface area contributed by atoms with Crippen molar-refractivity contribution in [1.82, 2.24) is 20.0 Å². The molecule has 2 unspecified atom stereocenters. The number of hydrogen-bond donors (Lipinski definition) is 1. The minimum absolute atomic E-state index is 0.240. The van der Waals surface area contributed by atoms with Gasteiger partial charge in [0, 0.05) is 42.1 Å². The molecule has 1 N–H and O–H groups in total. The molecule has 40 heavy (non-hydrogen) atoms. The fourth-order valence-electron chi connectivity index (χ4n) is 6.74. The van der Waals surface area contributed by atoms with E-state index in [0.29, 0.717) is 25.4 Å². The van der Waals surface area contributed by atoms with Crippen LogP contribution in [0.15, 0.2) is 72.9 Å². The summed E-state index contributed by atoms with van der Waals surface area (Å²) in [5.74, 6) is -0.233. The highest BCUT2D eigenvalue weighted by Gasteiger charge is 2.43. The topological polar surface area (TPSA) is 90.3 Å². The van der Waals surface area contributed by atoms with Crippen molar-refractivity contribution in [3.63, 3.8) is 0 Å². The first-order valence-electron chi connectivity index (χ1n) is 14.2. The lowest BCUT2D eigenvalue weighted by Gasteiger charge is -2.45. The standard InChI is InChI=1S/C32H33N5O3/c38-31-11-10-30(32(39)33-31)37(40)20-26-9-8-24(17-27(26)21-37)23-12-14-35(15-13-23)18-22-6-7-25-19-36(34-29(25)16-22)28-4-2-1-3-5-28/h1-9,16-17,19,23,30H,10-15,18,20-21H2,(H,33,38,39). The van der Waals surface area contributed by atoms with Gasteiger partial charge in [0.05, 0.1) is 11.2 Å². The van der Waals surface area contributed by atoms with Crippen LogP contribution >= 0.6 is 0 Å². The lowest BCUT2D eigenvalue weighted by molar-refractivity contribution is -0.916. The summed E-state index contributed by atoms with van der Waals surface area (Å²) >= 11 is 0. The average molecular weight is 536 g/mol. The summed E-state index contributed by atoms with van der Waals surface area (Å²) < 4.78 is 1.36. The molecular weight excluding hydrogens is 502 g/mol. The molecule has 3 aliphatic rings. The van der Waals surface area contributed by atoms with E-state index < -0.39 is 16.6 Å². The van der Waals surface area contributed by atoms with Gasteiger partial charge < -0.3 is 9.85 Å². The molecule has 0 aliphatic carbocycles. The molecule has 204 valence electrons.